The number of amides is 2. The highest BCUT2D eigenvalue weighted by Gasteiger charge is 2.19. The molecule has 1 aliphatic heterocycles. The second-order valence-corrected chi connectivity index (χ2v) is 8.23. The maximum atomic E-state index is 12.5. The highest BCUT2D eigenvalue weighted by molar-refractivity contribution is 7.13. The van der Waals surface area contributed by atoms with Crippen LogP contribution in [-0.4, -0.2) is 45.9 Å². The van der Waals surface area contributed by atoms with Gasteiger partial charge in [0.1, 0.15) is 10.7 Å². The summed E-state index contributed by atoms with van der Waals surface area (Å²) in [5, 5.41) is 6.80. The van der Waals surface area contributed by atoms with Gasteiger partial charge in [0.05, 0.1) is 5.69 Å². The summed E-state index contributed by atoms with van der Waals surface area (Å²) in [5.41, 5.74) is 2.71. The lowest BCUT2D eigenvalue weighted by Crippen LogP contribution is -2.30. The molecular weight excluding hydrogens is 384 g/mol. The van der Waals surface area contributed by atoms with Crippen LogP contribution in [-0.2, 0) is 11.3 Å². The summed E-state index contributed by atoms with van der Waals surface area (Å²) in [6.45, 7) is 5.17. The van der Waals surface area contributed by atoms with Gasteiger partial charge in [0, 0.05) is 48.9 Å². The van der Waals surface area contributed by atoms with E-state index in [9.17, 15) is 9.59 Å². The molecule has 0 atom stereocenters. The number of benzene rings is 1. The standard InChI is InChI=1S/C22H26N4O2S/c1-2-11-26-18-8-4-3-7-16(18)14-19(26)22-24-17(15-29-22)21(28)23-10-6-13-25-12-5-9-20(25)27/h3-4,7-8,14-15H,2,5-6,9-13H2,1H3,(H,23,28). The quantitative estimate of drug-likeness (QED) is 0.573. The molecule has 2 aromatic heterocycles. The van der Waals surface area contributed by atoms with E-state index in [-0.39, 0.29) is 11.8 Å². The molecule has 1 N–H and O–H groups in total. The normalized spacial score (nSPS) is 14.1. The molecule has 1 fully saturated rings. The number of carbonyl (C=O) groups excluding carboxylic acids is 2. The molecule has 1 aromatic carbocycles. The number of fused-ring (bicyclic) bond motifs is 1. The molecule has 152 valence electrons. The minimum Gasteiger partial charge on any atom is -0.351 e. The smallest absolute Gasteiger partial charge is 0.270 e. The molecule has 0 aliphatic carbocycles. The molecule has 6 nitrogen and oxygen atoms in total. The molecule has 1 saturated heterocycles. The van der Waals surface area contributed by atoms with Crippen molar-refractivity contribution in [1.29, 1.82) is 0 Å². The van der Waals surface area contributed by atoms with Crippen molar-refractivity contribution in [2.45, 2.75) is 39.2 Å². The third kappa shape index (κ3) is 4.19. The van der Waals surface area contributed by atoms with Gasteiger partial charge >= 0.3 is 0 Å². The average Bonchev–Trinajstić information content (AvgIpc) is 3.45. The van der Waals surface area contributed by atoms with Gasteiger partial charge < -0.3 is 14.8 Å². The number of nitrogens with one attached hydrogen (secondary N) is 1. The maximum absolute atomic E-state index is 12.5. The zero-order valence-corrected chi connectivity index (χ0v) is 17.5. The summed E-state index contributed by atoms with van der Waals surface area (Å²) < 4.78 is 2.28. The van der Waals surface area contributed by atoms with Crippen LogP contribution in [0.4, 0.5) is 0 Å². The van der Waals surface area contributed by atoms with Crippen molar-refractivity contribution in [3.63, 3.8) is 0 Å². The number of aromatic nitrogens is 2. The number of carbonyl (C=O) groups is 2. The van der Waals surface area contributed by atoms with E-state index in [1.165, 1.54) is 22.2 Å². The molecular formula is C22H26N4O2S. The molecule has 0 saturated carbocycles. The highest BCUT2D eigenvalue weighted by Crippen LogP contribution is 2.30. The van der Waals surface area contributed by atoms with Crippen LogP contribution in [0.2, 0.25) is 0 Å². The van der Waals surface area contributed by atoms with E-state index in [2.05, 4.69) is 46.1 Å². The van der Waals surface area contributed by atoms with Crippen LogP contribution < -0.4 is 5.32 Å². The van der Waals surface area contributed by atoms with Crippen LogP contribution in [0.3, 0.4) is 0 Å². The van der Waals surface area contributed by atoms with E-state index < -0.39 is 0 Å². The first-order chi connectivity index (χ1) is 14.2. The fourth-order valence-electron chi connectivity index (χ4n) is 3.85. The van der Waals surface area contributed by atoms with Gasteiger partial charge in [-0.15, -0.1) is 11.3 Å². The van der Waals surface area contributed by atoms with E-state index in [1.54, 1.807) is 0 Å². The van der Waals surface area contributed by atoms with Crippen LogP contribution >= 0.6 is 11.3 Å². The van der Waals surface area contributed by atoms with E-state index >= 15 is 0 Å². The fraction of sp³-hybridized carbons (Fsp3) is 0.409. The zero-order valence-electron chi connectivity index (χ0n) is 16.7. The van der Waals surface area contributed by atoms with Crippen LogP contribution in [0.15, 0.2) is 35.7 Å². The van der Waals surface area contributed by atoms with Crippen LogP contribution in [0.1, 0.15) is 43.1 Å². The van der Waals surface area contributed by atoms with E-state index in [0.29, 0.717) is 25.2 Å². The molecule has 29 heavy (non-hydrogen) atoms. The maximum Gasteiger partial charge on any atom is 0.270 e. The van der Waals surface area contributed by atoms with E-state index in [1.807, 2.05) is 16.3 Å². The third-order valence-corrected chi connectivity index (χ3v) is 6.14. The average molecular weight is 411 g/mol. The van der Waals surface area contributed by atoms with Crippen LogP contribution in [0, 0.1) is 0 Å². The van der Waals surface area contributed by atoms with Crippen LogP contribution in [0.5, 0.6) is 0 Å². The van der Waals surface area contributed by atoms with Crippen molar-refractivity contribution >= 4 is 34.1 Å². The number of rotatable bonds is 8. The number of hydrogen-bond donors (Lipinski definition) is 1. The minimum atomic E-state index is -0.154. The SMILES string of the molecule is CCCn1c(-c2nc(C(=O)NCCCN3CCCC3=O)cs2)cc2ccccc21. The van der Waals surface area contributed by atoms with Gasteiger partial charge in [0.2, 0.25) is 5.91 Å². The van der Waals surface area contributed by atoms with Gasteiger partial charge in [-0.25, -0.2) is 4.98 Å². The molecule has 1 aliphatic rings. The van der Waals surface area contributed by atoms with Crippen molar-refractivity contribution < 1.29 is 9.59 Å². The Balaban J connectivity index is 1.41. The molecule has 4 rings (SSSR count). The fourth-order valence-corrected chi connectivity index (χ4v) is 4.67. The van der Waals surface area contributed by atoms with Gasteiger partial charge in [-0.1, -0.05) is 25.1 Å². The molecule has 2 amide bonds. The predicted octanol–water partition coefficient (Wildman–Crippen LogP) is 3.92. The van der Waals surface area contributed by atoms with Gasteiger partial charge in [-0.2, -0.15) is 0 Å². The lowest BCUT2D eigenvalue weighted by atomic mass is 10.2. The Bertz CT molecular complexity index is 1020. The summed E-state index contributed by atoms with van der Waals surface area (Å²) in [5.74, 6) is 0.0707. The number of hydrogen-bond acceptors (Lipinski definition) is 4. The second kappa shape index (κ2) is 8.78. The Morgan fingerprint density at radius 2 is 2.14 bits per heavy atom. The summed E-state index contributed by atoms with van der Waals surface area (Å²) >= 11 is 1.50. The van der Waals surface area contributed by atoms with Crippen molar-refractivity contribution in [2.75, 3.05) is 19.6 Å². The monoisotopic (exact) mass is 410 g/mol. The molecule has 3 aromatic rings. The number of nitrogens with zero attached hydrogens (tertiary/aromatic N) is 3. The largest absolute Gasteiger partial charge is 0.351 e. The van der Waals surface area contributed by atoms with Gasteiger partial charge in [0.15, 0.2) is 0 Å². The molecule has 0 spiro atoms. The van der Waals surface area contributed by atoms with Gasteiger partial charge in [0.25, 0.3) is 5.91 Å². The summed E-state index contributed by atoms with van der Waals surface area (Å²) in [7, 11) is 0. The molecule has 7 heteroatoms. The van der Waals surface area contributed by atoms with Gasteiger partial charge in [-0.05, 0) is 31.4 Å². The molecule has 0 unspecified atom stereocenters. The Kier molecular flexibility index (Phi) is 5.94. The predicted molar refractivity (Wildman–Crippen MR) is 116 cm³/mol. The molecule has 0 radical (unpaired) electrons. The topological polar surface area (TPSA) is 67.2 Å². The number of thiazole rings is 1. The third-order valence-electron chi connectivity index (χ3n) is 5.28. The van der Waals surface area contributed by atoms with Crippen molar-refractivity contribution in [1.82, 2.24) is 19.8 Å². The van der Waals surface area contributed by atoms with Crippen molar-refractivity contribution in [2.24, 2.45) is 0 Å². The van der Waals surface area contributed by atoms with Crippen LogP contribution in [0.25, 0.3) is 21.6 Å². The van der Waals surface area contributed by atoms with E-state index in [0.717, 1.165) is 43.1 Å². The first kappa shape index (κ1) is 19.6. The van der Waals surface area contributed by atoms with Crippen molar-refractivity contribution in [3.8, 4) is 10.7 Å². The Morgan fingerprint density at radius 3 is 2.93 bits per heavy atom. The summed E-state index contributed by atoms with van der Waals surface area (Å²) in [4.78, 5) is 30.6. The lowest BCUT2D eigenvalue weighted by Gasteiger charge is -2.15. The van der Waals surface area contributed by atoms with Gasteiger partial charge in [-0.3, -0.25) is 9.59 Å². The Labute approximate surface area is 174 Å². The first-order valence-electron chi connectivity index (χ1n) is 10.3. The first-order valence-corrected chi connectivity index (χ1v) is 11.2. The summed E-state index contributed by atoms with van der Waals surface area (Å²) in [6, 6.07) is 10.5. The Morgan fingerprint density at radius 1 is 1.28 bits per heavy atom. The number of para-hydroxylation sites is 1. The minimum absolute atomic E-state index is 0.154. The summed E-state index contributed by atoms with van der Waals surface area (Å²) in [6.07, 6.45) is 3.40. The second-order valence-electron chi connectivity index (χ2n) is 7.37. The molecule has 0 bridgehead atoms. The van der Waals surface area contributed by atoms with E-state index in [4.69, 9.17) is 0 Å². The molecule has 3 heterocycles. The number of aryl methyl sites for hydroxylation is 1. The highest BCUT2D eigenvalue weighted by atomic mass is 32.1. The van der Waals surface area contributed by atoms with Crippen molar-refractivity contribution in [3.05, 3.63) is 41.4 Å². The zero-order chi connectivity index (χ0) is 20.2. The lowest BCUT2D eigenvalue weighted by molar-refractivity contribution is -0.127. The Hall–Kier alpha value is -2.67. The number of likely N-dealkylation sites (tertiary alicyclic amines) is 1.